The lowest BCUT2D eigenvalue weighted by atomic mass is 9.95. The quantitative estimate of drug-likeness (QED) is 0.450. The highest BCUT2D eigenvalue weighted by molar-refractivity contribution is 6.02. The minimum Gasteiger partial charge on any atom is -0.454 e. The number of benzene rings is 2. The molecule has 4 aromatic rings. The van der Waals surface area contributed by atoms with Crippen molar-refractivity contribution in [1.29, 1.82) is 0 Å². The molecule has 2 aromatic carbocycles. The molecule has 0 amide bonds. The normalized spacial score (nSPS) is 15.9. The van der Waals surface area contributed by atoms with Gasteiger partial charge in [0.1, 0.15) is 11.6 Å². The summed E-state index contributed by atoms with van der Waals surface area (Å²) in [7, 11) is 1.76. The summed E-state index contributed by atoms with van der Waals surface area (Å²) in [5, 5.41) is 4.67. The number of nitrogens with one attached hydrogen (secondary N) is 1. The summed E-state index contributed by atoms with van der Waals surface area (Å²) in [5.41, 5.74) is 4.62. The molecule has 4 heterocycles. The van der Waals surface area contributed by atoms with Crippen LogP contribution in [0.3, 0.4) is 0 Å². The molecular formula is C28H26N4O3. The van der Waals surface area contributed by atoms with Gasteiger partial charge in [0, 0.05) is 72.8 Å². The molecular weight excluding hydrogens is 440 g/mol. The summed E-state index contributed by atoms with van der Waals surface area (Å²) in [4.78, 5) is 21.4. The van der Waals surface area contributed by atoms with E-state index in [2.05, 4.69) is 16.4 Å². The molecule has 0 spiro atoms. The summed E-state index contributed by atoms with van der Waals surface area (Å²) >= 11 is 0. The molecule has 1 saturated heterocycles. The van der Waals surface area contributed by atoms with E-state index in [1.165, 1.54) is 0 Å². The lowest BCUT2D eigenvalue weighted by Crippen LogP contribution is -2.31. The number of aryl methyl sites for hydroxylation is 1. The van der Waals surface area contributed by atoms with Gasteiger partial charge in [0.2, 0.25) is 5.56 Å². The third kappa shape index (κ3) is 4.19. The Bertz CT molecular complexity index is 1500. The summed E-state index contributed by atoms with van der Waals surface area (Å²) in [6.07, 6.45) is 5.53. The van der Waals surface area contributed by atoms with Crippen LogP contribution in [0.2, 0.25) is 0 Å². The number of ether oxygens (including phenoxy) is 2. The third-order valence-corrected chi connectivity index (χ3v) is 6.72. The van der Waals surface area contributed by atoms with Crippen LogP contribution in [0.4, 0.5) is 5.69 Å². The number of aromatic nitrogens is 2. The first-order chi connectivity index (χ1) is 17.2. The lowest BCUT2D eigenvalue weighted by molar-refractivity contribution is 0.0827. The third-order valence-electron chi connectivity index (χ3n) is 6.72. The van der Waals surface area contributed by atoms with Crippen LogP contribution in [0.15, 0.2) is 76.8 Å². The number of amidine groups is 1. The summed E-state index contributed by atoms with van der Waals surface area (Å²) < 4.78 is 13.7. The van der Waals surface area contributed by atoms with E-state index in [0.717, 1.165) is 70.9 Å². The molecule has 0 radical (unpaired) electrons. The first-order valence-corrected chi connectivity index (χ1v) is 11.9. The van der Waals surface area contributed by atoms with Gasteiger partial charge in [-0.05, 0) is 37.1 Å². The minimum absolute atomic E-state index is 0.0538. The average Bonchev–Trinajstić information content (AvgIpc) is 2.91. The molecule has 2 aliphatic rings. The van der Waals surface area contributed by atoms with Crippen LogP contribution < -0.4 is 15.6 Å². The summed E-state index contributed by atoms with van der Waals surface area (Å²) in [5.74, 6) is 2.75. The number of hydrogen-bond donors (Lipinski definition) is 1. The number of nitrogens with zero attached hydrogens (tertiary/aromatic N) is 3. The van der Waals surface area contributed by atoms with Crippen molar-refractivity contribution in [2.45, 2.75) is 19.4 Å². The Kier molecular flexibility index (Phi) is 5.54. The van der Waals surface area contributed by atoms with Crippen LogP contribution in [-0.2, 0) is 18.3 Å². The molecule has 35 heavy (non-hydrogen) atoms. The maximum Gasteiger partial charge on any atom is 0.250 e. The molecule has 0 saturated carbocycles. The monoisotopic (exact) mass is 466 g/mol. The number of aliphatic imine (C=N–C) groups is 1. The van der Waals surface area contributed by atoms with E-state index in [4.69, 9.17) is 14.5 Å². The number of rotatable bonds is 4. The predicted octanol–water partition coefficient (Wildman–Crippen LogP) is 5.14. The van der Waals surface area contributed by atoms with Gasteiger partial charge in [0.25, 0.3) is 0 Å². The van der Waals surface area contributed by atoms with E-state index < -0.39 is 0 Å². The molecule has 2 aromatic heterocycles. The van der Waals surface area contributed by atoms with Crippen molar-refractivity contribution >= 4 is 22.4 Å². The average molecular weight is 467 g/mol. The van der Waals surface area contributed by atoms with Crippen molar-refractivity contribution in [1.82, 2.24) is 9.55 Å². The second kappa shape index (κ2) is 9.00. The minimum atomic E-state index is -0.0538. The van der Waals surface area contributed by atoms with E-state index >= 15 is 0 Å². The number of anilines is 1. The van der Waals surface area contributed by atoms with Gasteiger partial charge in [-0.1, -0.05) is 18.2 Å². The summed E-state index contributed by atoms with van der Waals surface area (Å²) in [6, 6.07) is 17.4. The first kappa shape index (κ1) is 21.6. The van der Waals surface area contributed by atoms with Gasteiger partial charge >= 0.3 is 0 Å². The maximum absolute atomic E-state index is 12.0. The Balaban J connectivity index is 1.46. The standard InChI is InChI=1S/C28H26N4O3/c1-32-17-21(6-9-25(32)33)23-8-5-20-16-30-28(19-10-13-34-14-11-19)31-26(20)27(23)35-22-7-4-18-3-2-12-29-24(18)15-22/h2-9,12,15,17,19H,10-11,13-14,16H2,1H3,(H,30,31). The zero-order chi connectivity index (χ0) is 23.8. The molecule has 0 aliphatic carbocycles. The van der Waals surface area contributed by atoms with Crippen LogP contribution >= 0.6 is 0 Å². The number of pyridine rings is 2. The van der Waals surface area contributed by atoms with Crippen LogP contribution in [0.1, 0.15) is 18.4 Å². The van der Waals surface area contributed by atoms with Crippen LogP contribution in [-0.4, -0.2) is 28.6 Å². The smallest absolute Gasteiger partial charge is 0.250 e. The molecule has 176 valence electrons. The molecule has 7 nitrogen and oxygen atoms in total. The Morgan fingerprint density at radius 1 is 1.09 bits per heavy atom. The molecule has 0 unspecified atom stereocenters. The highest BCUT2D eigenvalue weighted by Gasteiger charge is 2.26. The van der Waals surface area contributed by atoms with Gasteiger partial charge in [-0.3, -0.25) is 14.8 Å². The Hall–Kier alpha value is -3.97. The zero-order valence-electron chi connectivity index (χ0n) is 19.5. The maximum atomic E-state index is 12.0. The summed E-state index contributed by atoms with van der Waals surface area (Å²) in [6.45, 7) is 2.10. The molecule has 6 rings (SSSR count). The molecule has 2 aliphatic heterocycles. The fourth-order valence-corrected chi connectivity index (χ4v) is 4.75. The Morgan fingerprint density at radius 2 is 1.97 bits per heavy atom. The van der Waals surface area contributed by atoms with E-state index in [9.17, 15) is 4.79 Å². The molecule has 0 bridgehead atoms. The van der Waals surface area contributed by atoms with Gasteiger partial charge in [-0.2, -0.15) is 0 Å². The molecule has 0 atom stereocenters. The van der Waals surface area contributed by atoms with Crippen molar-refractivity contribution in [3.63, 3.8) is 0 Å². The topological polar surface area (TPSA) is 77.7 Å². The highest BCUT2D eigenvalue weighted by atomic mass is 16.5. The first-order valence-electron chi connectivity index (χ1n) is 11.9. The van der Waals surface area contributed by atoms with Gasteiger partial charge in [0.05, 0.1) is 17.7 Å². The fourth-order valence-electron chi connectivity index (χ4n) is 4.75. The van der Waals surface area contributed by atoms with E-state index in [0.29, 0.717) is 18.2 Å². The lowest BCUT2D eigenvalue weighted by Gasteiger charge is -2.29. The van der Waals surface area contributed by atoms with Crippen LogP contribution in [0.5, 0.6) is 11.5 Å². The van der Waals surface area contributed by atoms with Crippen molar-refractivity contribution in [2.75, 3.05) is 18.5 Å². The highest BCUT2D eigenvalue weighted by Crippen LogP contribution is 2.43. The second-order valence-electron chi connectivity index (χ2n) is 9.02. The SMILES string of the molecule is Cn1cc(-c2ccc3c(c2Oc2ccc4cccnc4c2)NC(C2CCOCC2)=NC3)ccc1=O. The molecule has 1 N–H and O–H groups in total. The second-order valence-corrected chi connectivity index (χ2v) is 9.02. The van der Waals surface area contributed by atoms with Crippen LogP contribution in [0.25, 0.3) is 22.0 Å². The van der Waals surface area contributed by atoms with Gasteiger partial charge in [-0.15, -0.1) is 0 Å². The van der Waals surface area contributed by atoms with Gasteiger partial charge in [0.15, 0.2) is 5.75 Å². The molecule has 7 heteroatoms. The van der Waals surface area contributed by atoms with Crippen molar-refractivity contribution in [3.05, 3.63) is 82.9 Å². The van der Waals surface area contributed by atoms with E-state index in [1.807, 2.05) is 48.7 Å². The van der Waals surface area contributed by atoms with E-state index in [-0.39, 0.29) is 5.56 Å². The Morgan fingerprint density at radius 3 is 2.83 bits per heavy atom. The van der Waals surface area contributed by atoms with E-state index in [1.54, 1.807) is 23.9 Å². The Labute approximate surface area is 203 Å². The van der Waals surface area contributed by atoms with Crippen molar-refractivity contribution < 1.29 is 9.47 Å². The largest absolute Gasteiger partial charge is 0.454 e. The van der Waals surface area contributed by atoms with Gasteiger partial charge < -0.3 is 19.4 Å². The van der Waals surface area contributed by atoms with Crippen molar-refractivity contribution in [3.8, 4) is 22.6 Å². The van der Waals surface area contributed by atoms with Gasteiger partial charge in [-0.25, -0.2) is 0 Å². The predicted molar refractivity (Wildman–Crippen MR) is 137 cm³/mol. The fraction of sp³-hybridized carbons (Fsp3) is 0.250. The van der Waals surface area contributed by atoms with Crippen molar-refractivity contribution in [2.24, 2.45) is 18.0 Å². The molecule has 1 fully saturated rings. The zero-order valence-corrected chi connectivity index (χ0v) is 19.5. The number of hydrogen-bond acceptors (Lipinski definition) is 6. The van der Waals surface area contributed by atoms with Crippen LogP contribution in [0, 0.1) is 5.92 Å². The number of fused-ring (bicyclic) bond motifs is 2.